The van der Waals surface area contributed by atoms with Crippen molar-refractivity contribution in [2.75, 3.05) is 17.1 Å². The molecule has 0 saturated heterocycles. The molecule has 3 rings (SSSR count). The second-order valence-electron chi connectivity index (χ2n) is 10.3. The summed E-state index contributed by atoms with van der Waals surface area (Å²) in [5, 5.41) is 3.35. The molecule has 208 valence electrons. The van der Waals surface area contributed by atoms with Crippen molar-refractivity contribution in [2.24, 2.45) is 0 Å². The standard InChI is InChI=1S/C29H33ClFN3O4S/c1-29(2,3)32-28(36)26(17-21-11-6-5-7-12-21)33(19-22-13-8-9-16-25(22)30)27(35)20-34(39(4,37)38)24-15-10-14-23(31)18-24/h5-16,18,26H,17,19-20H2,1-4H3,(H,32,36)/t26-/m1/s1. The van der Waals surface area contributed by atoms with Crippen LogP contribution in [0.4, 0.5) is 10.1 Å². The molecule has 0 spiro atoms. The average molecular weight is 574 g/mol. The topological polar surface area (TPSA) is 86.8 Å². The van der Waals surface area contributed by atoms with Gasteiger partial charge in [-0.3, -0.25) is 13.9 Å². The highest BCUT2D eigenvalue weighted by Gasteiger charge is 2.34. The van der Waals surface area contributed by atoms with Gasteiger partial charge in [0.25, 0.3) is 0 Å². The summed E-state index contributed by atoms with van der Waals surface area (Å²) in [5.41, 5.74) is 0.813. The molecule has 1 atom stereocenters. The average Bonchev–Trinajstić information content (AvgIpc) is 2.84. The first-order chi connectivity index (χ1) is 18.2. The first kappa shape index (κ1) is 30.1. The third-order valence-corrected chi connectivity index (χ3v) is 7.35. The highest BCUT2D eigenvalue weighted by molar-refractivity contribution is 7.92. The SMILES string of the molecule is CC(C)(C)NC(=O)[C@@H](Cc1ccccc1)N(Cc1ccccc1Cl)C(=O)CN(c1cccc(F)c1)S(C)(=O)=O. The molecule has 1 N–H and O–H groups in total. The third-order valence-electron chi connectivity index (χ3n) is 5.84. The minimum absolute atomic E-state index is 0.00213. The second kappa shape index (κ2) is 12.6. The minimum Gasteiger partial charge on any atom is -0.350 e. The Hall–Kier alpha value is -3.43. The van der Waals surface area contributed by atoms with Gasteiger partial charge < -0.3 is 10.2 Å². The summed E-state index contributed by atoms with van der Waals surface area (Å²) in [5.74, 6) is -1.69. The lowest BCUT2D eigenvalue weighted by molar-refractivity contribution is -0.140. The molecule has 0 heterocycles. The molecule has 0 aliphatic carbocycles. The largest absolute Gasteiger partial charge is 0.350 e. The van der Waals surface area contributed by atoms with Gasteiger partial charge in [0.2, 0.25) is 21.8 Å². The van der Waals surface area contributed by atoms with Crippen LogP contribution in [0, 0.1) is 5.82 Å². The van der Waals surface area contributed by atoms with Crippen molar-refractivity contribution in [1.82, 2.24) is 10.2 Å². The lowest BCUT2D eigenvalue weighted by Crippen LogP contribution is -2.56. The van der Waals surface area contributed by atoms with Gasteiger partial charge >= 0.3 is 0 Å². The zero-order valence-electron chi connectivity index (χ0n) is 22.4. The number of carbonyl (C=O) groups is 2. The molecular formula is C29H33ClFN3O4S. The molecule has 0 bridgehead atoms. The predicted molar refractivity (Wildman–Crippen MR) is 152 cm³/mol. The van der Waals surface area contributed by atoms with Crippen LogP contribution in [0.25, 0.3) is 0 Å². The molecule has 39 heavy (non-hydrogen) atoms. The van der Waals surface area contributed by atoms with Gasteiger partial charge in [0, 0.05) is 23.5 Å². The Kier molecular flexibility index (Phi) is 9.74. The summed E-state index contributed by atoms with van der Waals surface area (Å²) < 4.78 is 40.3. The van der Waals surface area contributed by atoms with E-state index in [0.29, 0.717) is 10.6 Å². The molecule has 7 nitrogen and oxygen atoms in total. The monoisotopic (exact) mass is 573 g/mol. The van der Waals surface area contributed by atoms with E-state index in [1.807, 2.05) is 51.1 Å². The number of amides is 2. The van der Waals surface area contributed by atoms with Crippen molar-refractivity contribution in [3.05, 3.63) is 101 Å². The van der Waals surface area contributed by atoms with Gasteiger partial charge in [-0.05, 0) is 56.2 Å². The molecule has 0 radical (unpaired) electrons. The number of halogens is 2. The summed E-state index contributed by atoms with van der Waals surface area (Å²) in [4.78, 5) is 29.0. The number of nitrogens with one attached hydrogen (secondary N) is 1. The highest BCUT2D eigenvalue weighted by Crippen LogP contribution is 2.23. The van der Waals surface area contributed by atoms with Crippen molar-refractivity contribution in [2.45, 2.75) is 45.3 Å². The summed E-state index contributed by atoms with van der Waals surface area (Å²) >= 11 is 6.43. The van der Waals surface area contributed by atoms with Crippen molar-refractivity contribution >= 4 is 39.1 Å². The van der Waals surface area contributed by atoms with E-state index in [2.05, 4.69) is 5.32 Å². The van der Waals surface area contributed by atoms with E-state index >= 15 is 0 Å². The second-order valence-corrected chi connectivity index (χ2v) is 12.6. The number of nitrogens with zero attached hydrogens (tertiary/aromatic N) is 2. The zero-order valence-corrected chi connectivity index (χ0v) is 24.0. The van der Waals surface area contributed by atoms with E-state index in [0.717, 1.165) is 22.2 Å². The van der Waals surface area contributed by atoms with Crippen LogP contribution >= 0.6 is 11.6 Å². The molecule has 10 heteroatoms. The molecule has 3 aromatic carbocycles. The lowest BCUT2D eigenvalue weighted by atomic mass is 10.0. The number of hydrogen-bond donors (Lipinski definition) is 1. The number of anilines is 1. The summed E-state index contributed by atoms with van der Waals surface area (Å²) in [6.45, 7) is 4.81. The Bertz CT molecular complexity index is 1410. The number of rotatable bonds is 10. The van der Waals surface area contributed by atoms with Gasteiger partial charge in [-0.2, -0.15) is 0 Å². The van der Waals surface area contributed by atoms with E-state index in [4.69, 9.17) is 11.6 Å². The number of benzene rings is 3. The molecule has 2 amide bonds. The number of sulfonamides is 1. The molecule has 0 aliphatic heterocycles. The quantitative estimate of drug-likeness (QED) is 0.377. The summed E-state index contributed by atoms with van der Waals surface area (Å²) in [6, 6.07) is 20.2. The fourth-order valence-electron chi connectivity index (χ4n) is 4.06. The molecule has 3 aromatic rings. The molecule has 0 aliphatic rings. The van der Waals surface area contributed by atoms with Gasteiger partial charge in [-0.15, -0.1) is 0 Å². The normalized spacial score (nSPS) is 12.5. The van der Waals surface area contributed by atoms with Gasteiger partial charge in [0.05, 0.1) is 11.9 Å². The third kappa shape index (κ3) is 8.80. The van der Waals surface area contributed by atoms with Crippen LogP contribution in [0.1, 0.15) is 31.9 Å². The van der Waals surface area contributed by atoms with Crippen molar-refractivity contribution < 1.29 is 22.4 Å². The van der Waals surface area contributed by atoms with E-state index in [-0.39, 0.29) is 18.7 Å². The van der Waals surface area contributed by atoms with Gasteiger partial charge in [0.1, 0.15) is 18.4 Å². The van der Waals surface area contributed by atoms with E-state index in [9.17, 15) is 22.4 Å². The highest BCUT2D eigenvalue weighted by atomic mass is 35.5. The fraction of sp³-hybridized carbons (Fsp3) is 0.310. The number of hydrogen-bond acceptors (Lipinski definition) is 4. The fourth-order valence-corrected chi connectivity index (χ4v) is 5.10. The van der Waals surface area contributed by atoms with Crippen LogP contribution in [0.3, 0.4) is 0 Å². The smallest absolute Gasteiger partial charge is 0.244 e. The van der Waals surface area contributed by atoms with Crippen LogP contribution in [0.5, 0.6) is 0 Å². The maximum absolute atomic E-state index is 14.0. The summed E-state index contributed by atoms with van der Waals surface area (Å²) in [6.07, 6.45) is 1.12. The van der Waals surface area contributed by atoms with Gasteiger partial charge in [-0.1, -0.05) is 66.2 Å². The molecule has 0 fully saturated rings. The maximum atomic E-state index is 14.0. The Morgan fingerprint density at radius 3 is 2.21 bits per heavy atom. The lowest BCUT2D eigenvalue weighted by Gasteiger charge is -2.35. The van der Waals surface area contributed by atoms with Crippen molar-refractivity contribution in [3.8, 4) is 0 Å². The Morgan fingerprint density at radius 2 is 1.62 bits per heavy atom. The van der Waals surface area contributed by atoms with Crippen LogP contribution in [-0.2, 0) is 32.6 Å². The first-order valence-electron chi connectivity index (χ1n) is 12.4. The maximum Gasteiger partial charge on any atom is 0.244 e. The van der Waals surface area contributed by atoms with Crippen LogP contribution in [0.15, 0.2) is 78.9 Å². The van der Waals surface area contributed by atoms with Crippen molar-refractivity contribution in [1.29, 1.82) is 0 Å². The van der Waals surface area contributed by atoms with Gasteiger partial charge in [0.15, 0.2) is 0 Å². The first-order valence-corrected chi connectivity index (χ1v) is 14.6. The minimum atomic E-state index is -3.99. The Labute approximate surface area is 234 Å². The molecular weight excluding hydrogens is 541 g/mol. The molecule has 0 saturated carbocycles. The predicted octanol–water partition coefficient (Wildman–Crippen LogP) is 4.80. The number of carbonyl (C=O) groups excluding carboxylic acids is 2. The van der Waals surface area contributed by atoms with Crippen molar-refractivity contribution in [3.63, 3.8) is 0 Å². The Balaban J connectivity index is 2.09. The van der Waals surface area contributed by atoms with Gasteiger partial charge in [-0.25, -0.2) is 12.8 Å². The Morgan fingerprint density at radius 1 is 0.974 bits per heavy atom. The van der Waals surface area contributed by atoms with E-state index in [1.165, 1.54) is 23.1 Å². The van der Waals surface area contributed by atoms with E-state index < -0.39 is 45.8 Å². The molecule has 0 unspecified atom stereocenters. The molecule has 0 aromatic heterocycles. The van der Waals surface area contributed by atoms with E-state index in [1.54, 1.807) is 24.3 Å². The summed E-state index contributed by atoms with van der Waals surface area (Å²) in [7, 11) is -3.99. The zero-order chi connectivity index (χ0) is 28.8. The van der Waals surface area contributed by atoms with Crippen LogP contribution < -0.4 is 9.62 Å². The van der Waals surface area contributed by atoms with Crippen LogP contribution in [-0.4, -0.2) is 49.5 Å². The van der Waals surface area contributed by atoms with Crippen LogP contribution in [0.2, 0.25) is 5.02 Å².